The number of rotatable bonds is 7. The first kappa shape index (κ1) is 17.2. The van der Waals surface area contributed by atoms with Crippen LogP contribution in [0.5, 0.6) is 0 Å². The molecule has 0 unspecified atom stereocenters. The van der Waals surface area contributed by atoms with Gasteiger partial charge in [0, 0.05) is 31.8 Å². The number of nitrogens with zero attached hydrogens (tertiary/aromatic N) is 1. The maximum absolute atomic E-state index is 6.30. The highest BCUT2D eigenvalue weighted by atomic mass is 16.5. The Bertz CT molecular complexity index is 281. The molecule has 2 N–H and O–H groups in total. The first-order chi connectivity index (χ1) is 10.2. The monoisotopic (exact) mass is 296 g/mol. The molecule has 0 amide bonds. The fraction of sp³-hybridized carbons (Fsp3) is 1.00. The van der Waals surface area contributed by atoms with Crippen molar-refractivity contribution in [3.05, 3.63) is 0 Å². The fourth-order valence-electron chi connectivity index (χ4n) is 4.31. The van der Waals surface area contributed by atoms with Crippen LogP contribution < -0.4 is 5.73 Å². The van der Waals surface area contributed by atoms with Crippen molar-refractivity contribution in [3.8, 4) is 0 Å². The Morgan fingerprint density at radius 3 is 2.24 bits per heavy atom. The van der Waals surface area contributed by atoms with Crippen molar-refractivity contribution >= 4 is 0 Å². The van der Waals surface area contributed by atoms with Crippen molar-refractivity contribution in [3.63, 3.8) is 0 Å². The highest BCUT2D eigenvalue weighted by Gasteiger charge is 2.39. The van der Waals surface area contributed by atoms with Crippen LogP contribution in [0.2, 0.25) is 0 Å². The number of hydrogen-bond acceptors (Lipinski definition) is 3. The first-order valence-electron chi connectivity index (χ1n) is 9.27. The first-order valence-corrected chi connectivity index (χ1v) is 9.27. The van der Waals surface area contributed by atoms with Crippen molar-refractivity contribution in [2.24, 2.45) is 17.6 Å². The predicted molar refractivity (Wildman–Crippen MR) is 89.4 cm³/mol. The largest absolute Gasteiger partial charge is 0.381 e. The Kier molecular flexibility index (Phi) is 6.97. The molecule has 1 saturated carbocycles. The summed E-state index contributed by atoms with van der Waals surface area (Å²) in [6.07, 6.45) is 10.4. The van der Waals surface area contributed by atoms with E-state index in [2.05, 4.69) is 18.7 Å². The third-order valence-electron chi connectivity index (χ3n) is 5.98. The van der Waals surface area contributed by atoms with Crippen LogP contribution in [0, 0.1) is 11.8 Å². The van der Waals surface area contributed by atoms with E-state index in [1.807, 2.05) is 0 Å². The summed E-state index contributed by atoms with van der Waals surface area (Å²) in [5.41, 5.74) is 6.59. The second-order valence-electron chi connectivity index (χ2n) is 7.28. The molecule has 0 atom stereocenters. The molecule has 2 aliphatic rings. The van der Waals surface area contributed by atoms with Gasteiger partial charge in [0.1, 0.15) is 0 Å². The molecule has 124 valence electrons. The van der Waals surface area contributed by atoms with Gasteiger partial charge in [-0.2, -0.15) is 0 Å². The normalized spacial score (nSPS) is 31.7. The highest BCUT2D eigenvalue weighted by Crippen LogP contribution is 2.38. The zero-order chi connectivity index (χ0) is 15.1. The van der Waals surface area contributed by atoms with Gasteiger partial charge in [-0.15, -0.1) is 0 Å². The predicted octanol–water partition coefficient (Wildman–Crippen LogP) is 3.42. The lowest BCUT2D eigenvalue weighted by molar-refractivity contribution is 0.00160. The summed E-state index contributed by atoms with van der Waals surface area (Å²) in [7, 11) is 0. The third-order valence-corrected chi connectivity index (χ3v) is 5.98. The maximum Gasteiger partial charge on any atom is 0.0469 e. The molecule has 1 saturated heterocycles. The summed E-state index contributed by atoms with van der Waals surface area (Å²) in [5, 5.41) is 0. The Morgan fingerprint density at radius 1 is 1.05 bits per heavy atom. The van der Waals surface area contributed by atoms with Gasteiger partial charge >= 0.3 is 0 Å². The smallest absolute Gasteiger partial charge is 0.0469 e. The Labute approximate surface area is 131 Å². The lowest BCUT2D eigenvalue weighted by Crippen LogP contribution is -2.57. The Balaban J connectivity index is 1.99. The zero-order valence-corrected chi connectivity index (χ0v) is 14.3. The Hall–Kier alpha value is -0.120. The molecule has 2 rings (SSSR count). The SMILES string of the molecule is CCCN(CC1CCOCC1)C1(CN)CCC(CC)CC1. The van der Waals surface area contributed by atoms with Crippen molar-refractivity contribution in [2.75, 3.05) is 32.8 Å². The van der Waals surface area contributed by atoms with Crippen molar-refractivity contribution in [1.29, 1.82) is 0 Å². The van der Waals surface area contributed by atoms with E-state index in [-0.39, 0.29) is 0 Å². The van der Waals surface area contributed by atoms with Gasteiger partial charge in [-0.25, -0.2) is 0 Å². The van der Waals surface area contributed by atoms with Crippen LogP contribution in [-0.4, -0.2) is 43.3 Å². The van der Waals surface area contributed by atoms with Gasteiger partial charge in [0.25, 0.3) is 0 Å². The van der Waals surface area contributed by atoms with Crippen LogP contribution in [0.25, 0.3) is 0 Å². The summed E-state index contributed by atoms with van der Waals surface area (Å²) in [6, 6.07) is 0. The van der Waals surface area contributed by atoms with Crippen LogP contribution in [0.1, 0.15) is 65.2 Å². The zero-order valence-electron chi connectivity index (χ0n) is 14.3. The number of ether oxygens (including phenoxy) is 1. The average Bonchev–Trinajstić information content (AvgIpc) is 2.55. The second kappa shape index (κ2) is 8.50. The topological polar surface area (TPSA) is 38.5 Å². The summed E-state index contributed by atoms with van der Waals surface area (Å²) in [4.78, 5) is 2.77. The van der Waals surface area contributed by atoms with Crippen molar-refractivity contribution in [1.82, 2.24) is 4.90 Å². The summed E-state index contributed by atoms with van der Waals surface area (Å²) < 4.78 is 5.52. The van der Waals surface area contributed by atoms with Gasteiger partial charge < -0.3 is 10.5 Å². The highest BCUT2D eigenvalue weighted by molar-refractivity contribution is 4.96. The van der Waals surface area contributed by atoms with Crippen molar-refractivity contribution < 1.29 is 4.74 Å². The van der Waals surface area contributed by atoms with E-state index in [1.165, 1.54) is 64.5 Å². The van der Waals surface area contributed by atoms with E-state index in [1.54, 1.807) is 0 Å². The molecule has 21 heavy (non-hydrogen) atoms. The minimum absolute atomic E-state index is 0.292. The van der Waals surface area contributed by atoms with E-state index in [0.717, 1.165) is 31.6 Å². The number of nitrogens with two attached hydrogens (primary N) is 1. The van der Waals surface area contributed by atoms with Crippen LogP contribution in [0.4, 0.5) is 0 Å². The van der Waals surface area contributed by atoms with Crippen LogP contribution in [-0.2, 0) is 4.74 Å². The number of hydrogen-bond donors (Lipinski definition) is 1. The molecule has 0 radical (unpaired) electrons. The molecule has 0 spiro atoms. The average molecular weight is 296 g/mol. The molecule has 3 heteroatoms. The van der Waals surface area contributed by atoms with E-state index in [4.69, 9.17) is 10.5 Å². The quantitative estimate of drug-likeness (QED) is 0.782. The molecule has 1 aliphatic carbocycles. The molecular formula is C18H36N2O. The maximum atomic E-state index is 6.30. The summed E-state index contributed by atoms with van der Waals surface area (Å²) >= 11 is 0. The van der Waals surface area contributed by atoms with Gasteiger partial charge in [0.05, 0.1) is 0 Å². The molecule has 0 aromatic rings. The second-order valence-corrected chi connectivity index (χ2v) is 7.28. The van der Waals surface area contributed by atoms with Crippen LogP contribution >= 0.6 is 0 Å². The van der Waals surface area contributed by atoms with Gasteiger partial charge in [-0.05, 0) is 63.3 Å². The lowest BCUT2D eigenvalue weighted by Gasteiger charge is -2.49. The summed E-state index contributed by atoms with van der Waals surface area (Å²) in [5.74, 6) is 1.76. The minimum Gasteiger partial charge on any atom is -0.381 e. The molecule has 1 aliphatic heterocycles. The van der Waals surface area contributed by atoms with Gasteiger partial charge in [0.2, 0.25) is 0 Å². The Morgan fingerprint density at radius 2 is 1.71 bits per heavy atom. The fourth-order valence-corrected chi connectivity index (χ4v) is 4.31. The van der Waals surface area contributed by atoms with Crippen molar-refractivity contribution in [2.45, 2.75) is 70.8 Å². The summed E-state index contributed by atoms with van der Waals surface area (Å²) in [6.45, 7) is 9.85. The van der Waals surface area contributed by atoms with Crippen LogP contribution in [0.3, 0.4) is 0 Å². The van der Waals surface area contributed by atoms with Crippen LogP contribution in [0.15, 0.2) is 0 Å². The van der Waals surface area contributed by atoms with E-state index in [9.17, 15) is 0 Å². The van der Waals surface area contributed by atoms with E-state index >= 15 is 0 Å². The lowest BCUT2D eigenvalue weighted by atomic mass is 9.74. The molecule has 0 bridgehead atoms. The molecule has 0 aromatic heterocycles. The molecule has 3 nitrogen and oxygen atoms in total. The standard InChI is InChI=1S/C18H36N2O/c1-3-11-20(14-17-7-12-21-13-8-17)18(15-19)9-5-16(4-2)6-10-18/h16-17H,3-15,19H2,1-2H3. The van der Waals surface area contributed by atoms with Gasteiger partial charge in [-0.3, -0.25) is 4.90 Å². The van der Waals surface area contributed by atoms with E-state index in [0.29, 0.717) is 5.54 Å². The molecule has 0 aromatic carbocycles. The molecular weight excluding hydrogens is 260 g/mol. The van der Waals surface area contributed by atoms with E-state index < -0.39 is 0 Å². The van der Waals surface area contributed by atoms with Gasteiger partial charge in [0.15, 0.2) is 0 Å². The minimum atomic E-state index is 0.292. The third kappa shape index (κ3) is 4.43. The van der Waals surface area contributed by atoms with Gasteiger partial charge in [-0.1, -0.05) is 20.3 Å². The molecule has 1 heterocycles. The molecule has 2 fully saturated rings.